The van der Waals surface area contributed by atoms with Crippen molar-refractivity contribution >= 4 is 5.82 Å². The first-order valence-corrected chi connectivity index (χ1v) is 7.12. The lowest BCUT2D eigenvalue weighted by Crippen LogP contribution is -2.25. The van der Waals surface area contributed by atoms with Gasteiger partial charge in [0.1, 0.15) is 0 Å². The van der Waals surface area contributed by atoms with E-state index < -0.39 is 0 Å². The quantitative estimate of drug-likeness (QED) is 0.830. The van der Waals surface area contributed by atoms with Gasteiger partial charge in [0.05, 0.1) is 0 Å². The molecule has 1 aliphatic rings. The highest BCUT2D eigenvalue weighted by Crippen LogP contribution is 2.33. The number of rotatable bonds is 5. The number of hydrogen-bond donors (Lipinski definition) is 1. The summed E-state index contributed by atoms with van der Waals surface area (Å²) in [6.45, 7) is 9.80. The van der Waals surface area contributed by atoms with E-state index in [1.54, 1.807) is 12.3 Å². The van der Waals surface area contributed by atoms with Crippen LogP contribution in [0.15, 0.2) is 12.3 Å². The van der Waals surface area contributed by atoms with Crippen LogP contribution in [0.4, 0.5) is 10.2 Å². The molecule has 0 unspecified atom stereocenters. The molecule has 0 saturated carbocycles. The van der Waals surface area contributed by atoms with Crippen LogP contribution in [0.5, 0.6) is 0 Å². The Bertz CT molecular complexity index is 431. The third-order valence-electron chi connectivity index (χ3n) is 3.67. The van der Waals surface area contributed by atoms with Gasteiger partial charge < -0.3 is 10.2 Å². The first-order chi connectivity index (χ1) is 9.03. The third-order valence-corrected chi connectivity index (χ3v) is 3.67. The molecule has 1 aromatic heterocycles. The fraction of sp³-hybridized carbons (Fsp3) is 0.667. The van der Waals surface area contributed by atoms with Gasteiger partial charge in [0.25, 0.3) is 0 Å². The van der Waals surface area contributed by atoms with E-state index in [-0.39, 0.29) is 11.2 Å². The monoisotopic (exact) mass is 265 g/mol. The van der Waals surface area contributed by atoms with Crippen molar-refractivity contribution in [2.75, 3.05) is 24.5 Å². The number of nitrogens with zero attached hydrogens (tertiary/aromatic N) is 2. The van der Waals surface area contributed by atoms with Gasteiger partial charge in [0.15, 0.2) is 11.6 Å². The average Bonchev–Trinajstić information content (AvgIpc) is 2.72. The highest BCUT2D eigenvalue weighted by molar-refractivity contribution is 5.44. The highest BCUT2D eigenvalue weighted by Gasteiger charge is 2.31. The zero-order valence-electron chi connectivity index (χ0n) is 12.2. The molecule has 1 N–H and O–H groups in total. The van der Waals surface area contributed by atoms with Crippen molar-refractivity contribution in [1.82, 2.24) is 10.3 Å². The van der Waals surface area contributed by atoms with E-state index in [0.29, 0.717) is 17.9 Å². The van der Waals surface area contributed by atoms with Crippen LogP contribution < -0.4 is 10.2 Å². The summed E-state index contributed by atoms with van der Waals surface area (Å²) in [6, 6.07) is 1.77. The van der Waals surface area contributed by atoms with Crippen molar-refractivity contribution in [1.29, 1.82) is 0 Å². The minimum absolute atomic E-state index is 0.163. The largest absolute Gasteiger partial charge is 0.354 e. The van der Waals surface area contributed by atoms with Crippen LogP contribution in [0.2, 0.25) is 0 Å². The molecule has 0 bridgehead atoms. The van der Waals surface area contributed by atoms with E-state index in [1.165, 1.54) is 0 Å². The first kappa shape index (κ1) is 14.3. The van der Waals surface area contributed by atoms with Crippen LogP contribution in [0.3, 0.4) is 0 Å². The molecule has 106 valence electrons. The summed E-state index contributed by atoms with van der Waals surface area (Å²) in [6.07, 6.45) is 3.86. The molecule has 0 aliphatic carbocycles. The number of hydrogen-bond acceptors (Lipinski definition) is 3. The number of aromatic nitrogens is 1. The molecule has 0 amide bonds. The molecule has 0 radical (unpaired) electrons. The minimum atomic E-state index is -0.163. The molecular formula is C15H24FN3. The standard InChI is InChI=1S/C15H24FN3/c1-4-7-17-10-12-5-8-18-14(13(12)16)19-9-6-15(2,3)11-19/h5,8,17H,4,6-7,9-11H2,1-3H3. The lowest BCUT2D eigenvalue weighted by molar-refractivity contribution is 0.418. The minimum Gasteiger partial charge on any atom is -0.354 e. The first-order valence-electron chi connectivity index (χ1n) is 7.12. The Labute approximate surface area is 115 Å². The Hall–Kier alpha value is -1.16. The third kappa shape index (κ3) is 3.44. The van der Waals surface area contributed by atoms with E-state index in [1.807, 2.05) is 0 Å². The molecule has 19 heavy (non-hydrogen) atoms. The predicted molar refractivity (Wildman–Crippen MR) is 76.8 cm³/mol. The van der Waals surface area contributed by atoms with Crippen molar-refractivity contribution in [2.24, 2.45) is 5.41 Å². The fourth-order valence-corrected chi connectivity index (χ4v) is 2.52. The molecular weight excluding hydrogens is 241 g/mol. The second-order valence-corrected chi connectivity index (χ2v) is 6.12. The van der Waals surface area contributed by atoms with Crippen molar-refractivity contribution in [3.05, 3.63) is 23.6 Å². The topological polar surface area (TPSA) is 28.2 Å². The maximum atomic E-state index is 14.5. The number of nitrogens with one attached hydrogen (secondary N) is 1. The zero-order chi connectivity index (χ0) is 13.9. The summed E-state index contributed by atoms with van der Waals surface area (Å²) in [4.78, 5) is 6.31. The van der Waals surface area contributed by atoms with Crippen LogP contribution in [0.1, 0.15) is 39.2 Å². The molecule has 4 heteroatoms. The number of pyridine rings is 1. The van der Waals surface area contributed by atoms with Crippen LogP contribution >= 0.6 is 0 Å². The summed E-state index contributed by atoms with van der Waals surface area (Å²) in [5.41, 5.74) is 0.966. The zero-order valence-corrected chi connectivity index (χ0v) is 12.2. The van der Waals surface area contributed by atoms with Crippen molar-refractivity contribution in [3.63, 3.8) is 0 Å². The number of anilines is 1. The molecule has 0 aromatic carbocycles. The van der Waals surface area contributed by atoms with Gasteiger partial charge in [0, 0.05) is 31.4 Å². The SMILES string of the molecule is CCCNCc1ccnc(N2CCC(C)(C)C2)c1F. The molecule has 1 fully saturated rings. The van der Waals surface area contributed by atoms with Gasteiger partial charge in [-0.3, -0.25) is 0 Å². The molecule has 1 saturated heterocycles. The second kappa shape index (κ2) is 5.87. The van der Waals surface area contributed by atoms with E-state index in [2.05, 4.69) is 36.0 Å². The molecule has 2 heterocycles. The Morgan fingerprint density at radius 2 is 2.26 bits per heavy atom. The van der Waals surface area contributed by atoms with Gasteiger partial charge in [-0.2, -0.15) is 0 Å². The lowest BCUT2D eigenvalue weighted by Gasteiger charge is -2.21. The lowest BCUT2D eigenvalue weighted by atomic mass is 9.93. The van der Waals surface area contributed by atoms with Crippen molar-refractivity contribution in [3.8, 4) is 0 Å². The molecule has 1 aromatic rings. The summed E-state index contributed by atoms with van der Waals surface area (Å²) in [7, 11) is 0. The van der Waals surface area contributed by atoms with Gasteiger partial charge in [-0.15, -0.1) is 0 Å². The second-order valence-electron chi connectivity index (χ2n) is 6.12. The smallest absolute Gasteiger partial charge is 0.170 e. The van der Waals surface area contributed by atoms with Gasteiger partial charge in [-0.05, 0) is 30.9 Å². The maximum absolute atomic E-state index is 14.5. The van der Waals surface area contributed by atoms with Crippen LogP contribution in [-0.4, -0.2) is 24.6 Å². The molecule has 0 atom stereocenters. The van der Waals surface area contributed by atoms with Gasteiger partial charge in [-0.25, -0.2) is 9.37 Å². The van der Waals surface area contributed by atoms with Crippen LogP contribution in [0.25, 0.3) is 0 Å². The summed E-state index contributed by atoms with van der Waals surface area (Å²) in [5.74, 6) is 0.352. The Kier molecular flexibility index (Phi) is 4.40. The van der Waals surface area contributed by atoms with Crippen molar-refractivity contribution in [2.45, 2.75) is 40.2 Å². The number of halogens is 1. The molecule has 0 spiro atoms. The predicted octanol–water partition coefficient (Wildman–Crippen LogP) is 2.96. The van der Waals surface area contributed by atoms with Crippen LogP contribution in [-0.2, 0) is 6.54 Å². The Morgan fingerprint density at radius 3 is 2.89 bits per heavy atom. The molecule has 1 aliphatic heterocycles. The van der Waals surface area contributed by atoms with E-state index in [0.717, 1.165) is 32.5 Å². The highest BCUT2D eigenvalue weighted by atomic mass is 19.1. The fourth-order valence-electron chi connectivity index (χ4n) is 2.52. The summed E-state index contributed by atoms with van der Waals surface area (Å²) >= 11 is 0. The summed E-state index contributed by atoms with van der Waals surface area (Å²) in [5, 5.41) is 3.24. The van der Waals surface area contributed by atoms with Crippen molar-refractivity contribution < 1.29 is 4.39 Å². The van der Waals surface area contributed by atoms with Gasteiger partial charge in [0.2, 0.25) is 0 Å². The maximum Gasteiger partial charge on any atom is 0.170 e. The summed E-state index contributed by atoms with van der Waals surface area (Å²) < 4.78 is 14.5. The van der Waals surface area contributed by atoms with E-state index in [9.17, 15) is 4.39 Å². The molecule has 3 nitrogen and oxygen atoms in total. The molecule has 2 rings (SSSR count). The van der Waals surface area contributed by atoms with Gasteiger partial charge >= 0.3 is 0 Å². The van der Waals surface area contributed by atoms with E-state index >= 15 is 0 Å². The average molecular weight is 265 g/mol. The Balaban J connectivity index is 2.11. The van der Waals surface area contributed by atoms with Gasteiger partial charge in [-0.1, -0.05) is 20.8 Å². The Morgan fingerprint density at radius 1 is 1.47 bits per heavy atom. The van der Waals surface area contributed by atoms with E-state index in [4.69, 9.17) is 0 Å². The van der Waals surface area contributed by atoms with Crippen LogP contribution in [0, 0.1) is 11.2 Å². The normalized spacial score (nSPS) is 18.0.